The number of nitrogens with two attached hydrogens (primary N) is 2. The second-order valence-corrected chi connectivity index (χ2v) is 7.76. The van der Waals surface area contributed by atoms with Crippen LogP contribution in [0.25, 0.3) is 0 Å². The summed E-state index contributed by atoms with van der Waals surface area (Å²) in [5.74, 6) is -2.25. The number of nitrogens with zero attached hydrogens (tertiary/aromatic N) is 1. The van der Waals surface area contributed by atoms with E-state index in [1.54, 1.807) is 24.3 Å². The van der Waals surface area contributed by atoms with Gasteiger partial charge in [0, 0.05) is 16.9 Å². The number of aromatic nitrogens is 2. The van der Waals surface area contributed by atoms with Gasteiger partial charge < -0.3 is 27.0 Å². The number of H-pyrrole nitrogens is 1. The van der Waals surface area contributed by atoms with E-state index in [1.807, 2.05) is 0 Å². The Hall–Kier alpha value is -3.54. The number of thioether (sulfide) groups is 1. The highest BCUT2D eigenvalue weighted by molar-refractivity contribution is 7.99. The van der Waals surface area contributed by atoms with Gasteiger partial charge in [-0.05, 0) is 49.3 Å². The fourth-order valence-corrected chi connectivity index (χ4v) is 3.54. The first-order valence-corrected chi connectivity index (χ1v) is 10.3. The monoisotopic (exact) mass is 449 g/mol. The minimum absolute atomic E-state index is 0.0266. The molecule has 8 N–H and O–H groups in total. The Labute approximate surface area is 181 Å². The standard InChI is InChI=1S/C19H23N5O6S/c20-15-12(17(28)24-19(21)23-15)2-1-9-31-11-5-3-10(4-6-11)16(27)22-13(18(29)30)7-8-14(25)26/h3-6,13H,1-2,7-9H2,(H,22,27)(H,25,26)(H,29,30)(H5,20,21,23,24,28)/t13-/m0/s1. The summed E-state index contributed by atoms with van der Waals surface area (Å²) in [6.07, 6.45) is 0.530. The highest BCUT2D eigenvalue weighted by atomic mass is 32.2. The van der Waals surface area contributed by atoms with Crippen LogP contribution in [0.15, 0.2) is 34.0 Å². The summed E-state index contributed by atoms with van der Waals surface area (Å²) in [6.45, 7) is 0. The number of amides is 1. The van der Waals surface area contributed by atoms with Crippen LogP contribution in [0.4, 0.5) is 11.8 Å². The van der Waals surface area contributed by atoms with E-state index in [0.29, 0.717) is 24.2 Å². The molecule has 0 fully saturated rings. The number of carbonyl (C=O) groups is 3. The molecule has 1 atom stereocenters. The van der Waals surface area contributed by atoms with E-state index >= 15 is 0 Å². The first kappa shape index (κ1) is 23.7. The van der Waals surface area contributed by atoms with Crippen molar-refractivity contribution in [2.75, 3.05) is 17.2 Å². The van der Waals surface area contributed by atoms with Crippen LogP contribution in [0.1, 0.15) is 35.2 Å². The normalized spacial score (nSPS) is 11.6. The number of hydrogen-bond acceptors (Lipinski definition) is 8. The van der Waals surface area contributed by atoms with Crippen LogP contribution in [0.2, 0.25) is 0 Å². The summed E-state index contributed by atoms with van der Waals surface area (Å²) < 4.78 is 0. The van der Waals surface area contributed by atoms with Crippen molar-refractivity contribution in [2.24, 2.45) is 0 Å². The molecule has 0 bridgehead atoms. The second-order valence-electron chi connectivity index (χ2n) is 6.59. The Morgan fingerprint density at radius 3 is 2.42 bits per heavy atom. The lowest BCUT2D eigenvalue weighted by Gasteiger charge is -2.13. The number of carboxylic acids is 2. The van der Waals surface area contributed by atoms with Crippen molar-refractivity contribution < 1.29 is 24.6 Å². The summed E-state index contributed by atoms with van der Waals surface area (Å²) in [4.78, 5) is 53.0. The minimum atomic E-state index is -1.29. The Bertz CT molecular complexity index is 1010. The van der Waals surface area contributed by atoms with Crippen molar-refractivity contribution in [3.8, 4) is 0 Å². The van der Waals surface area contributed by atoms with Crippen molar-refractivity contribution >= 4 is 41.4 Å². The third-order valence-electron chi connectivity index (χ3n) is 4.27. The SMILES string of the molecule is Nc1nc(N)c(CCCSc2ccc(C(=O)N[C@@H](CCC(=O)O)C(=O)O)cc2)c(=O)[nH]1. The lowest BCUT2D eigenvalue weighted by molar-refractivity contribution is -0.140. The van der Waals surface area contributed by atoms with Crippen molar-refractivity contribution in [2.45, 2.75) is 36.6 Å². The molecule has 1 heterocycles. The molecule has 0 spiro atoms. The van der Waals surface area contributed by atoms with Gasteiger partial charge >= 0.3 is 11.9 Å². The summed E-state index contributed by atoms with van der Waals surface area (Å²) in [5, 5.41) is 20.1. The largest absolute Gasteiger partial charge is 0.481 e. The van der Waals surface area contributed by atoms with E-state index in [0.717, 1.165) is 4.90 Å². The Balaban J connectivity index is 1.86. The summed E-state index contributed by atoms with van der Waals surface area (Å²) in [7, 11) is 0. The molecule has 31 heavy (non-hydrogen) atoms. The maximum Gasteiger partial charge on any atom is 0.326 e. The molecule has 166 valence electrons. The summed E-state index contributed by atoms with van der Waals surface area (Å²) in [6, 6.07) is 5.27. The number of carbonyl (C=O) groups excluding carboxylic acids is 1. The number of aromatic amines is 1. The molecule has 0 aliphatic rings. The molecule has 0 saturated carbocycles. The molecule has 2 aromatic rings. The maximum absolute atomic E-state index is 12.2. The molecule has 2 rings (SSSR count). The smallest absolute Gasteiger partial charge is 0.326 e. The van der Waals surface area contributed by atoms with Gasteiger partial charge in [0.25, 0.3) is 11.5 Å². The molecule has 0 aliphatic heterocycles. The molecule has 0 aliphatic carbocycles. The van der Waals surface area contributed by atoms with Crippen molar-refractivity contribution in [1.29, 1.82) is 0 Å². The predicted molar refractivity (Wildman–Crippen MR) is 115 cm³/mol. The quantitative estimate of drug-likeness (QED) is 0.209. The minimum Gasteiger partial charge on any atom is -0.481 e. The van der Waals surface area contributed by atoms with Gasteiger partial charge in [-0.15, -0.1) is 11.8 Å². The molecular formula is C19H23N5O6S. The van der Waals surface area contributed by atoms with Crippen molar-refractivity contribution in [1.82, 2.24) is 15.3 Å². The van der Waals surface area contributed by atoms with Crippen LogP contribution in [-0.2, 0) is 16.0 Å². The first-order valence-electron chi connectivity index (χ1n) is 9.30. The Morgan fingerprint density at radius 1 is 1.16 bits per heavy atom. The highest BCUT2D eigenvalue weighted by Gasteiger charge is 2.21. The molecule has 12 heteroatoms. The van der Waals surface area contributed by atoms with Gasteiger partial charge in [0.05, 0.1) is 5.56 Å². The fourth-order valence-electron chi connectivity index (χ4n) is 2.68. The topological polar surface area (TPSA) is 201 Å². The average molecular weight is 449 g/mol. The number of hydrogen-bond donors (Lipinski definition) is 6. The average Bonchev–Trinajstić information content (AvgIpc) is 2.69. The van der Waals surface area contributed by atoms with Crippen LogP contribution >= 0.6 is 11.8 Å². The number of carboxylic acid groups (broad SMARTS) is 2. The van der Waals surface area contributed by atoms with E-state index in [-0.39, 0.29) is 35.7 Å². The zero-order valence-corrected chi connectivity index (χ0v) is 17.3. The van der Waals surface area contributed by atoms with E-state index < -0.39 is 23.9 Å². The molecule has 0 saturated heterocycles. The molecule has 0 radical (unpaired) electrons. The van der Waals surface area contributed by atoms with Crippen LogP contribution < -0.4 is 22.3 Å². The zero-order valence-electron chi connectivity index (χ0n) is 16.5. The number of rotatable bonds is 11. The molecule has 0 unspecified atom stereocenters. The molecule has 11 nitrogen and oxygen atoms in total. The van der Waals surface area contributed by atoms with Gasteiger partial charge in [-0.3, -0.25) is 19.4 Å². The lowest BCUT2D eigenvalue weighted by Crippen LogP contribution is -2.41. The van der Waals surface area contributed by atoms with Gasteiger partial charge in [-0.2, -0.15) is 4.98 Å². The highest BCUT2D eigenvalue weighted by Crippen LogP contribution is 2.20. The van der Waals surface area contributed by atoms with Crippen LogP contribution in [-0.4, -0.2) is 49.8 Å². The van der Waals surface area contributed by atoms with Crippen LogP contribution in [0.3, 0.4) is 0 Å². The predicted octanol–water partition coefficient (Wildman–Crippen LogP) is 0.707. The second kappa shape index (κ2) is 11.0. The van der Waals surface area contributed by atoms with Crippen LogP contribution in [0, 0.1) is 0 Å². The fraction of sp³-hybridized carbons (Fsp3) is 0.316. The van der Waals surface area contributed by atoms with E-state index in [2.05, 4.69) is 15.3 Å². The van der Waals surface area contributed by atoms with E-state index in [1.165, 1.54) is 11.8 Å². The Kier molecular flexibility index (Phi) is 8.43. The number of benzene rings is 1. The molecule has 1 aromatic carbocycles. The zero-order chi connectivity index (χ0) is 23.0. The molecule has 1 aromatic heterocycles. The van der Waals surface area contributed by atoms with Gasteiger partial charge in [-0.1, -0.05) is 0 Å². The Morgan fingerprint density at radius 2 is 1.84 bits per heavy atom. The number of aliphatic carboxylic acids is 2. The summed E-state index contributed by atoms with van der Waals surface area (Å²) in [5.41, 5.74) is 11.5. The van der Waals surface area contributed by atoms with Gasteiger partial charge in [0.2, 0.25) is 5.95 Å². The molecule has 1 amide bonds. The van der Waals surface area contributed by atoms with Crippen molar-refractivity contribution in [3.63, 3.8) is 0 Å². The van der Waals surface area contributed by atoms with E-state index in [4.69, 9.17) is 21.7 Å². The van der Waals surface area contributed by atoms with Gasteiger partial charge in [0.1, 0.15) is 11.9 Å². The van der Waals surface area contributed by atoms with Crippen LogP contribution in [0.5, 0.6) is 0 Å². The third-order valence-corrected chi connectivity index (χ3v) is 5.37. The third kappa shape index (κ3) is 7.33. The number of anilines is 2. The number of nitrogen functional groups attached to an aromatic ring is 2. The number of nitrogens with one attached hydrogen (secondary N) is 2. The van der Waals surface area contributed by atoms with Crippen molar-refractivity contribution in [3.05, 3.63) is 45.7 Å². The maximum atomic E-state index is 12.2. The summed E-state index contributed by atoms with van der Waals surface area (Å²) >= 11 is 1.52. The van der Waals surface area contributed by atoms with Gasteiger partial charge in [-0.25, -0.2) is 4.79 Å². The molecular weight excluding hydrogens is 426 g/mol. The van der Waals surface area contributed by atoms with E-state index in [9.17, 15) is 19.2 Å². The first-order chi connectivity index (χ1) is 14.7. The lowest BCUT2D eigenvalue weighted by atomic mass is 10.1. The van der Waals surface area contributed by atoms with Gasteiger partial charge in [0.15, 0.2) is 0 Å².